The number of nitrogens with zero attached hydrogens (tertiary/aromatic N) is 2. The third-order valence-electron chi connectivity index (χ3n) is 3.83. The van der Waals surface area contributed by atoms with E-state index >= 15 is 0 Å². The lowest BCUT2D eigenvalue weighted by Gasteiger charge is -2.43. The van der Waals surface area contributed by atoms with Crippen LogP contribution < -0.4 is 0 Å². The van der Waals surface area contributed by atoms with Crippen LogP contribution in [-0.2, 0) is 4.74 Å². The molecule has 0 aliphatic heterocycles. The summed E-state index contributed by atoms with van der Waals surface area (Å²) in [5, 5.41) is 10.4. The minimum atomic E-state index is -1.29. The lowest BCUT2D eigenvalue weighted by atomic mass is 9.87. The SMILES string of the molecule is CC(C)C(C)CC(C)C(O)[N+](C)([N-]F)C(=O)OC(C)(C)C. The molecule has 1 N–H and O–H groups in total. The highest BCUT2D eigenvalue weighted by molar-refractivity contribution is 5.60. The van der Waals surface area contributed by atoms with Crippen LogP contribution in [0.5, 0.6) is 0 Å². The maximum absolute atomic E-state index is 13.1. The largest absolute Gasteiger partial charge is 0.510 e. The summed E-state index contributed by atoms with van der Waals surface area (Å²) < 4.78 is 17.1. The molecule has 0 aromatic carbocycles. The summed E-state index contributed by atoms with van der Waals surface area (Å²) in [4.78, 5) is 12.1. The molecule has 6 heteroatoms. The van der Waals surface area contributed by atoms with Gasteiger partial charge in [0.2, 0.25) is 0 Å². The Labute approximate surface area is 128 Å². The van der Waals surface area contributed by atoms with E-state index in [9.17, 15) is 14.4 Å². The Hall–Kier alpha value is -0.720. The van der Waals surface area contributed by atoms with Crippen LogP contribution >= 0.6 is 0 Å². The summed E-state index contributed by atoms with van der Waals surface area (Å²) in [6.45, 7) is 13.1. The van der Waals surface area contributed by atoms with E-state index in [1.54, 1.807) is 27.7 Å². The normalized spacial score (nSPS) is 19.8. The van der Waals surface area contributed by atoms with Crippen LogP contribution in [0.15, 0.2) is 0 Å². The van der Waals surface area contributed by atoms with Crippen molar-refractivity contribution in [1.82, 2.24) is 0 Å². The lowest BCUT2D eigenvalue weighted by molar-refractivity contribution is -0.869. The number of hydrogen-bond acceptors (Lipinski definition) is 3. The Morgan fingerprint density at radius 2 is 1.71 bits per heavy atom. The number of quaternary nitrogens is 1. The van der Waals surface area contributed by atoms with E-state index in [0.29, 0.717) is 18.3 Å². The van der Waals surface area contributed by atoms with E-state index in [2.05, 4.69) is 26.4 Å². The van der Waals surface area contributed by atoms with Crippen molar-refractivity contribution in [2.45, 2.75) is 66.7 Å². The van der Waals surface area contributed by atoms with E-state index in [1.165, 1.54) is 7.05 Å². The Balaban J connectivity index is 5.01. The van der Waals surface area contributed by atoms with Crippen molar-refractivity contribution in [3.63, 3.8) is 0 Å². The van der Waals surface area contributed by atoms with Crippen molar-refractivity contribution < 1.29 is 23.7 Å². The highest BCUT2D eigenvalue weighted by Gasteiger charge is 2.41. The molecule has 0 fully saturated rings. The van der Waals surface area contributed by atoms with Gasteiger partial charge in [-0.25, -0.2) is 4.59 Å². The lowest BCUT2D eigenvalue weighted by Crippen LogP contribution is -2.56. The summed E-state index contributed by atoms with van der Waals surface area (Å²) in [7, 11) is 1.22. The summed E-state index contributed by atoms with van der Waals surface area (Å²) in [6.07, 6.45) is -1.52. The van der Waals surface area contributed by atoms with Gasteiger partial charge in [0, 0.05) is 5.92 Å². The van der Waals surface area contributed by atoms with Gasteiger partial charge in [0.1, 0.15) is 5.60 Å². The summed E-state index contributed by atoms with van der Waals surface area (Å²) in [5.74, 6) is 0.503. The first kappa shape index (κ1) is 20.3. The van der Waals surface area contributed by atoms with E-state index in [4.69, 9.17) is 4.74 Å². The number of amides is 1. The Morgan fingerprint density at radius 3 is 2.05 bits per heavy atom. The number of aliphatic hydroxyl groups is 1. The number of carbonyl (C=O) groups is 1. The Morgan fingerprint density at radius 1 is 1.24 bits per heavy atom. The molecule has 0 aromatic rings. The predicted octanol–water partition coefficient (Wildman–Crippen LogP) is 4.18. The quantitative estimate of drug-likeness (QED) is 0.455. The molecule has 4 unspecified atom stereocenters. The average molecular weight is 306 g/mol. The van der Waals surface area contributed by atoms with Crippen molar-refractivity contribution in [3.05, 3.63) is 5.65 Å². The van der Waals surface area contributed by atoms with Crippen LogP contribution in [0, 0.1) is 17.8 Å². The minimum Gasteiger partial charge on any atom is -0.415 e. The smallest absolute Gasteiger partial charge is 0.415 e. The number of aliphatic hydroxyl groups excluding tert-OH is 1. The third kappa shape index (κ3) is 5.88. The number of carbonyl (C=O) groups excluding carboxylic acids is 1. The van der Waals surface area contributed by atoms with Gasteiger partial charge in [-0.15, -0.1) is 0 Å². The molecular weight excluding hydrogens is 275 g/mol. The number of rotatable bonds is 6. The molecule has 0 spiro atoms. The predicted molar refractivity (Wildman–Crippen MR) is 80.7 cm³/mol. The molecule has 0 heterocycles. The summed E-state index contributed by atoms with van der Waals surface area (Å²) in [5.41, 5.74) is 1.82. The second-order valence-corrected chi connectivity index (χ2v) is 7.43. The fourth-order valence-corrected chi connectivity index (χ4v) is 2.01. The van der Waals surface area contributed by atoms with Gasteiger partial charge in [-0.05, 0) is 39.0 Å². The molecule has 1 amide bonds. The first-order valence-electron chi connectivity index (χ1n) is 7.46. The van der Waals surface area contributed by atoms with Gasteiger partial charge in [-0.2, -0.15) is 4.79 Å². The van der Waals surface area contributed by atoms with E-state index in [1.807, 2.05) is 0 Å². The van der Waals surface area contributed by atoms with Crippen molar-refractivity contribution in [2.75, 3.05) is 7.05 Å². The monoisotopic (exact) mass is 306 g/mol. The van der Waals surface area contributed by atoms with Gasteiger partial charge in [0.15, 0.2) is 6.23 Å². The molecule has 0 aliphatic rings. The van der Waals surface area contributed by atoms with Crippen LogP contribution in [-0.4, -0.2) is 34.7 Å². The highest BCUT2D eigenvalue weighted by Crippen LogP contribution is 2.30. The first-order valence-corrected chi connectivity index (χ1v) is 7.46. The molecule has 0 bridgehead atoms. The van der Waals surface area contributed by atoms with Crippen LogP contribution in [0.1, 0.15) is 54.9 Å². The molecule has 4 atom stereocenters. The van der Waals surface area contributed by atoms with Crippen LogP contribution in [0.2, 0.25) is 0 Å². The third-order valence-corrected chi connectivity index (χ3v) is 3.83. The molecular formula is C15H31FN2O3. The van der Waals surface area contributed by atoms with Gasteiger partial charge >= 0.3 is 6.09 Å². The fraction of sp³-hybridized carbons (Fsp3) is 0.933. The molecule has 0 aliphatic carbocycles. The second-order valence-electron chi connectivity index (χ2n) is 7.43. The van der Waals surface area contributed by atoms with Gasteiger partial charge in [0.25, 0.3) is 0 Å². The van der Waals surface area contributed by atoms with E-state index < -0.39 is 22.5 Å². The van der Waals surface area contributed by atoms with Crippen LogP contribution in [0.3, 0.4) is 0 Å². The molecule has 21 heavy (non-hydrogen) atoms. The molecule has 126 valence electrons. The zero-order chi connectivity index (χ0) is 17.0. The van der Waals surface area contributed by atoms with Crippen molar-refractivity contribution >= 4 is 6.09 Å². The summed E-state index contributed by atoms with van der Waals surface area (Å²) >= 11 is 0. The van der Waals surface area contributed by atoms with Crippen LogP contribution in [0.25, 0.3) is 5.65 Å². The average Bonchev–Trinajstić information content (AvgIpc) is 2.34. The summed E-state index contributed by atoms with van der Waals surface area (Å²) in [6, 6.07) is 0. The van der Waals surface area contributed by atoms with E-state index in [0.717, 1.165) is 0 Å². The molecule has 0 saturated heterocycles. The van der Waals surface area contributed by atoms with Crippen molar-refractivity contribution in [1.29, 1.82) is 0 Å². The molecule has 0 saturated carbocycles. The van der Waals surface area contributed by atoms with Crippen molar-refractivity contribution in [3.8, 4) is 0 Å². The van der Waals surface area contributed by atoms with Gasteiger partial charge in [-0.3, -0.25) is 5.65 Å². The standard InChI is InChI=1S/C15H31FN2O3/c1-10(2)11(3)9-12(4)13(19)18(8,17-16)14(20)21-15(5,6)7/h10-13,19H,9H2,1-8H3. The minimum absolute atomic E-state index is 0.292. The van der Waals surface area contributed by atoms with Gasteiger partial charge in [-0.1, -0.05) is 27.7 Å². The topological polar surface area (TPSA) is 60.6 Å². The fourth-order valence-electron chi connectivity index (χ4n) is 2.01. The van der Waals surface area contributed by atoms with E-state index in [-0.39, 0.29) is 5.92 Å². The zero-order valence-corrected chi connectivity index (χ0v) is 14.6. The molecule has 0 aromatic heterocycles. The molecule has 5 nitrogen and oxygen atoms in total. The van der Waals surface area contributed by atoms with Gasteiger partial charge < -0.3 is 14.3 Å². The highest BCUT2D eigenvalue weighted by atomic mass is 19.2. The number of halogens is 1. The number of ether oxygens (including phenoxy) is 1. The van der Waals surface area contributed by atoms with Gasteiger partial charge in [0.05, 0.1) is 7.05 Å². The Bertz CT molecular complexity index is 344. The van der Waals surface area contributed by atoms with Crippen LogP contribution in [0.4, 0.5) is 9.28 Å². The Kier molecular flexibility index (Phi) is 7.26. The zero-order valence-electron chi connectivity index (χ0n) is 14.6. The molecule has 0 radical (unpaired) electrons. The second kappa shape index (κ2) is 7.51. The first-order chi connectivity index (χ1) is 9.35. The maximum atomic E-state index is 13.1. The van der Waals surface area contributed by atoms with Crippen molar-refractivity contribution in [2.24, 2.45) is 17.8 Å². The maximum Gasteiger partial charge on any atom is 0.510 e. The number of hydrogen-bond donors (Lipinski definition) is 1. The molecule has 0 rings (SSSR count).